The summed E-state index contributed by atoms with van der Waals surface area (Å²) in [5.74, 6) is 1.07. The average molecular weight is 303 g/mol. The molecule has 1 aliphatic heterocycles. The molecule has 0 bridgehead atoms. The smallest absolute Gasteiger partial charge is 0.124 e. The molecule has 2 aliphatic rings. The van der Waals surface area contributed by atoms with E-state index in [2.05, 4.69) is 43.4 Å². The molecule has 1 fully saturated rings. The largest absolute Gasteiger partial charge is 0.487 e. The summed E-state index contributed by atoms with van der Waals surface area (Å²) >= 11 is 0. The van der Waals surface area contributed by atoms with E-state index in [-0.39, 0.29) is 17.6 Å². The third-order valence-corrected chi connectivity index (χ3v) is 5.31. The van der Waals surface area contributed by atoms with E-state index in [4.69, 9.17) is 4.74 Å². The Hall–Kier alpha value is -1.06. The fraction of sp³-hybridized carbons (Fsp3) is 0.684. The number of nitrogens with one attached hydrogen (secondary N) is 1. The van der Waals surface area contributed by atoms with Crippen LogP contribution in [-0.4, -0.2) is 23.9 Å². The van der Waals surface area contributed by atoms with Crippen LogP contribution in [-0.2, 0) is 0 Å². The first-order valence-corrected chi connectivity index (χ1v) is 8.66. The zero-order chi connectivity index (χ0) is 15.6. The Morgan fingerprint density at radius 2 is 2.09 bits per heavy atom. The molecule has 1 aromatic carbocycles. The molecule has 1 aromatic rings. The van der Waals surface area contributed by atoms with Gasteiger partial charge in [-0.2, -0.15) is 0 Å². The summed E-state index contributed by atoms with van der Waals surface area (Å²) in [7, 11) is 0. The zero-order valence-corrected chi connectivity index (χ0v) is 13.9. The van der Waals surface area contributed by atoms with E-state index >= 15 is 0 Å². The van der Waals surface area contributed by atoms with Gasteiger partial charge in [-0.3, -0.25) is 0 Å². The van der Waals surface area contributed by atoms with Crippen LogP contribution in [0.1, 0.15) is 64.0 Å². The molecule has 2 N–H and O–H groups in total. The van der Waals surface area contributed by atoms with Gasteiger partial charge in [-0.1, -0.05) is 32.0 Å². The van der Waals surface area contributed by atoms with E-state index in [9.17, 15) is 5.11 Å². The molecule has 1 unspecified atom stereocenters. The van der Waals surface area contributed by atoms with Gasteiger partial charge in [-0.05, 0) is 50.1 Å². The predicted molar refractivity (Wildman–Crippen MR) is 89.1 cm³/mol. The maximum atomic E-state index is 9.34. The number of rotatable bonds is 6. The average Bonchev–Trinajstić information content (AvgIpc) is 2.49. The Kier molecular flexibility index (Phi) is 4.47. The van der Waals surface area contributed by atoms with Gasteiger partial charge in [0.05, 0.1) is 0 Å². The SMILES string of the molecule is CC(C)(CO)CCCNC1CC2(CCC2)Oc2ccccc21. The molecule has 3 nitrogen and oxygen atoms in total. The molecule has 1 aliphatic carbocycles. The Labute approximate surface area is 134 Å². The molecule has 0 aromatic heterocycles. The second-order valence-electron chi connectivity index (χ2n) is 7.81. The second-order valence-corrected chi connectivity index (χ2v) is 7.81. The summed E-state index contributed by atoms with van der Waals surface area (Å²) in [5.41, 5.74) is 1.43. The fourth-order valence-corrected chi connectivity index (χ4v) is 3.60. The molecular formula is C19H29NO2. The molecule has 1 spiro atoms. The van der Waals surface area contributed by atoms with Crippen LogP contribution >= 0.6 is 0 Å². The van der Waals surface area contributed by atoms with Crippen molar-refractivity contribution in [1.82, 2.24) is 5.32 Å². The van der Waals surface area contributed by atoms with Crippen molar-refractivity contribution in [1.29, 1.82) is 0 Å². The first-order valence-electron chi connectivity index (χ1n) is 8.66. The number of benzene rings is 1. The van der Waals surface area contributed by atoms with Crippen molar-refractivity contribution in [3.05, 3.63) is 29.8 Å². The van der Waals surface area contributed by atoms with Gasteiger partial charge >= 0.3 is 0 Å². The van der Waals surface area contributed by atoms with Crippen molar-refractivity contribution in [2.24, 2.45) is 5.41 Å². The zero-order valence-electron chi connectivity index (χ0n) is 13.9. The van der Waals surface area contributed by atoms with Crippen molar-refractivity contribution in [3.63, 3.8) is 0 Å². The minimum atomic E-state index is 0.0322. The van der Waals surface area contributed by atoms with Crippen LogP contribution in [0.15, 0.2) is 24.3 Å². The number of para-hydroxylation sites is 1. The van der Waals surface area contributed by atoms with Gasteiger partial charge in [-0.15, -0.1) is 0 Å². The quantitative estimate of drug-likeness (QED) is 0.785. The molecule has 3 rings (SSSR count). The molecule has 0 amide bonds. The maximum Gasteiger partial charge on any atom is 0.124 e. The van der Waals surface area contributed by atoms with Crippen LogP contribution < -0.4 is 10.1 Å². The summed E-state index contributed by atoms with van der Waals surface area (Å²) < 4.78 is 6.29. The van der Waals surface area contributed by atoms with Gasteiger partial charge in [0, 0.05) is 24.6 Å². The van der Waals surface area contributed by atoms with Gasteiger partial charge < -0.3 is 15.2 Å². The van der Waals surface area contributed by atoms with Gasteiger partial charge in [0.25, 0.3) is 0 Å². The molecule has 3 heteroatoms. The summed E-state index contributed by atoms with van der Waals surface area (Å²) in [6.07, 6.45) is 6.91. The number of aliphatic hydroxyl groups excluding tert-OH is 1. The van der Waals surface area contributed by atoms with Crippen LogP contribution in [0, 0.1) is 5.41 Å². The molecular weight excluding hydrogens is 274 g/mol. The molecule has 122 valence electrons. The van der Waals surface area contributed by atoms with Crippen molar-refractivity contribution in [2.45, 2.75) is 64.0 Å². The molecule has 0 saturated heterocycles. The minimum absolute atomic E-state index is 0.0322. The van der Waals surface area contributed by atoms with E-state index in [1.54, 1.807) is 0 Å². The summed E-state index contributed by atoms with van der Waals surface area (Å²) in [4.78, 5) is 0. The molecule has 1 heterocycles. The fourth-order valence-electron chi connectivity index (χ4n) is 3.60. The third kappa shape index (κ3) is 3.31. The highest BCUT2D eigenvalue weighted by atomic mass is 16.5. The second kappa shape index (κ2) is 6.21. The Balaban J connectivity index is 1.60. The first-order chi connectivity index (χ1) is 10.5. The lowest BCUT2D eigenvalue weighted by Crippen LogP contribution is -2.49. The Morgan fingerprint density at radius 3 is 2.77 bits per heavy atom. The topological polar surface area (TPSA) is 41.5 Å². The predicted octanol–water partition coefficient (Wildman–Crippen LogP) is 3.82. The Morgan fingerprint density at radius 1 is 1.32 bits per heavy atom. The van der Waals surface area contributed by atoms with E-state index < -0.39 is 0 Å². The summed E-state index contributed by atoms with van der Waals surface area (Å²) in [6.45, 7) is 5.51. The lowest BCUT2D eigenvalue weighted by atomic mass is 9.73. The van der Waals surface area contributed by atoms with Crippen LogP contribution in [0.4, 0.5) is 0 Å². The minimum Gasteiger partial charge on any atom is -0.487 e. The van der Waals surface area contributed by atoms with Crippen molar-refractivity contribution in [2.75, 3.05) is 13.2 Å². The lowest BCUT2D eigenvalue weighted by molar-refractivity contribution is -0.0369. The van der Waals surface area contributed by atoms with Gasteiger partial charge in [0.15, 0.2) is 0 Å². The number of hydrogen-bond acceptors (Lipinski definition) is 3. The van der Waals surface area contributed by atoms with Crippen LogP contribution in [0.2, 0.25) is 0 Å². The van der Waals surface area contributed by atoms with Crippen LogP contribution in [0.3, 0.4) is 0 Å². The molecule has 1 saturated carbocycles. The first kappa shape index (κ1) is 15.8. The lowest BCUT2D eigenvalue weighted by Gasteiger charge is -2.48. The van der Waals surface area contributed by atoms with E-state index in [1.165, 1.54) is 24.8 Å². The standard InChI is InChI=1S/C19H29NO2/c1-18(2,14-21)9-6-12-20-16-13-19(10-5-11-19)22-17-8-4-3-7-15(16)17/h3-4,7-8,16,20-21H,5-6,9-14H2,1-2H3. The molecule has 0 radical (unpaired) electrons. The molecule has 22 heavy (non-hydrogen) atoms. The molecule has 1 atom stereocenters. The van der Waals surface area contributed by atoms with E-state index in [0.29, 0.717) is 6.04 Å². The Bertz CT molecular complexity index is 508. The van der Waals surface area contributed by atoms with Gasteiger partial charge in [0.2, 0.25) is 0 Å². The van der Waals surface area contributed by atoms with E-state index in [0.717, 1.165) is 31.6 Å². The number of ether oxygens (including phenoxy) is 1. The van der Waals surface area contributed by atoms with Crippen molar-refractivity contribution in [3.8, 4) is 5.75 Å². The highest BCUT2D eigenvalue weighted by Gasteiger charge is 2.45. The van der Waals surface area contributed by atoms with Gasteiger partial charge in [0.1, 0.15) is 11.4 Å². The number of aliphatic hydroxyl groups is 1. The van der Waals surface area contributed by atoms with Crippen molar-refractivity contribution < 1.29 is 9.84 Å². The monoisotopic (exact) mass is 303 g/mol. The summed E-state index contributed by atoms with van der Waals surface area (Å²) in [5, 5.41) is 13.1. The van der Waals surface area contributed by atoms with E-state index in [1.807, 2.05) is 0 Å². The number of hydrogen-bond donors (Lipinski definition) is 2. The van der Waals surface area contributed by atoms with Crippen LogP contribution in [0.5, 0.6) is 5.75 Å². The highest BCUT2D eigenvalue weighted by Crippen LogP contribution is 2.48. The van der Waals surface area contributed by atoms with Crippen molar-refractivity contribution >= 4 is 0 Å². The maximum absolute atomic E-state index is 9.34. The normalized spacial score (nSPS) is 22.8. The summed E-state index contributed by atoms with van der Waals surface area (Å²) in [6, 6.07) is 8.87. The third-order valence-electron chi connectivity index (χ3n) is 5.31. The highest BCUT2D eigenvalue weighted by molar-refractivity contribution is 5.39. The van der Waals surface area contributed by atoms with Gasteiger partial charge in [-0.25, -0.2) is 0 Å². The number of fused-ring (bicyclic) bond motifs is 1. The van der Waals surface area contributed by atoms with Crippen LogP contribution in [0.25, 0.3) is 0 Å².